The Morgan fingerprint density at radius 3 is 2.95 bits per heavy atom. The van der Waals surface area contributed by atoms with E-state index in [-0.39, 0.29) is 11.4 Å². The van der Waals surface area contributed by atoms with Gasteiger partial charge in [0.05, 0.1) is 0 Å². The van der Waals surface area contributed by atoms with Crippen LogP contribution < -0.4 is 4.74 Å². The topological polar surface area (TPSA) is 32.7 Å². The second-order valence-electron chi connectivity index (χ2n) is 6.75. The Bertz CT molecular complexity index is 498. The molecule has 3 heteroatoms. The van der Waals surface area contributed by atoms with Gasteiger partial charge in [-0.15, -0.1) is 0 Å². The molecule has 1 aromatic rings. The highest BCUT2D eigenvalue weighted by Gasteiger charge is 2.40. The Kier molecular flexibility index (Phi) is 3.41. The first kappa shape index (κ1) is 13.7. The molecule has 0 spiro atoms. The fourth-order valence-electron chi connectivity index (χ4n) is 3.80. The van der Waals surface area contributed by atoms with E-state index in [0.717, 1.165) is 12.2 Å². The summed E-state index contributed by atoms with van der Waals surface area (Å²) in [4.78, 5) is 2.65. The molecule has 2 aliphatic rings. The molecule has 3 rings (SSSR count). The summed E-state index contributed by atoms with van der Waals surface area (Å²) in [5, 5.41) is 9.71. The zero-order chi connectivity index (χ0) is 14.3. The molecule has 1 saturated heterocycles. The third-order valence-electron chi connectivity index (χ3n) is 4.72. The molecule has 110 valence electrons. The average molecular weight is 275 g/mol. The molecule has 1 fully saturated rings. The maximum Gasteiger partial charge on any atom is 0.128 e. The molecular weight excluding hydrogens is 250 g/mol. The van der Waals surface area contributed by atoms with Crippen LogP contribution in [0.25, 0.3) is 0 Å². The first-order chi connectivity index (χ1) is 9.50. The van der Waals surface area contributed by atoms with Crippen LogP contribution in [0.2, 0.25) is 0 Å². The molecule has 0 bridgehead atoms. The zero-order valence-electron chi connectivity index (χ0n) is 12.7. The number of fused-ring (bicyclic) bond motifs is 1. The van der Waals surface area contributed by atoms with E-state index in [4.69, 9.17) is 4.74 Å². The van der Waals surface area contributed by atoms with Crippen molar-refractivity contribution in [2.45, 2.75) is 64.1 Å². The highest BCUT2D eigenvalue weighted by atomic mass is 16.5. The van der Waals surface area contributed by atoms with Crippen molar-refractivity contribution in [3.63, 3.8) is 0 Å². The molecule has 3 nitrogen and oxygen atoms in total. The third kappa shape index (κ3) is 2.39. The molecule has 20 heavy (non-hydrogen) atoms. The zero-order valence-corrected chi connectivity index (χ0v) is 12.7. The van der Waals surface area contributed by atoms with E-state index in [9.17, 15) is 5.11 Å². The van der Waals surface area contributed by atoms with Crippen molar-refractivity contribution in [1.82, 2.24) is 4.90 Å². The van der Waals surface area contributed by atoms with Crippen LogP contribution in [0.1, 0.15) is 58.1 Å². The van der Waals surface area contributed by atoms with Crippen LogP contribution in [-0.2, 0) is 0 Å². The minimum atomic E-state index is -0.174. The van der Waals surface area contributed by atoms with E-state index in [1.807, 2.05) is 6.07 Å². The minimum absolute atomic E-state index is 0.174. The van der Waals surface area contributed by atoms with Gasteiger partial charge in [0.15, 0.2) is 0 Å². The monoisotopic (exact) mass is 275 g/mol. The first-order valence-corrected chi connectivity index (χ1v) is 7.78. The molecule has 0 saturated carbocycles. The van der Waals surface area contributed by atoms with Gasteiger partial charge < -0.3 is 9.84 Å². The highest BCUT2D eigenvalue weighted by Crippen LogP contribution is 2.46. The fraction of sp³-hybridized carbons (Fsp3) is 0.647. The second-order valence-corrected chi connectivity index (χ2v) is 6.75. The Balaban J connectivity index is 1.99. The van der Waals surface area contributed by atoms with Crippen LogP contribution in [-0.4, -0.2) is 28.2 Å². The van der Waals surface area contributed by atoms with Crippen LogP contribution in [0.15, 0.2) is 18.2 Å². The minimum Gasteiger partial charge on any atom is -0.508 e. The van der Waals surface area contributed by atoms with Gasteiger partial charge in [-0.25, -0.2) is 0 Å². The van der Waals surface area contributed by atoms with Gasteiger partial charge >= 0.3 is 0 Å². The Labute approximate surface area is 121 Å². The van der Waals surface area contributed by atoms with Crippen LogP contribution >= 0.6 is 0 Å². The van der Waals surface area contributed by atoms with Crippen LogP contribution in [0, 0.1) is 0 Å². The van der Waals surface area contributed by atoms with Gasteiger partial charge in [0.2, 0.25) is 0 Å². The number of aromatic hydroxyl groups is 1. The average Bonchev–Trinajstić information content (AvgIpc) is 2.84. The lowest BCUT2D eigenvalue weighted by Gasteiger charge is -2.43. The standard InChI is InChI=1S/C17H25NO2/c1-4-12-6-5-9-18(12)15-11-17(2,3)20-16-10-13(19)7-8-14(15)16/h7-8,10,12,15,19H,4-6,9,11H2,1-3H3. The quantitative estimate of drug-likeness (QED) is 0.889. The second kappa shape index (κ2) is 4.96. The van der Waals surface area contributed by atoms with E-state index < -0.39 is 0 Å². The van der Waals surface area contributed by atoms with Crippen molar-refractivity contribution in [1.29, 1.82) is 0 Å². The van der Waals surface area contributed by atoms with E-state index in [1.54, 1.807) is 12.1 Å². The number of likely N-dealkylation sites (tertiary alicyclic amines) is 1. The molecule has 2 heterocycles. The van der Waals surface area contributed by atoms with Crippen molar-refractivity contribution in [2.75, 3.05) is 6.54 Å². The molecular formula is C17H25NO2. The maximum atomic E-state index is 9.71. The number of rotatable bonds is 2. The summed E-state index contributed by atoms with van der Waals surface area (Å²) in [6, 6.07) is 6.69. The number of hydrogen-bond acceptors (Lipinski definition) is 3. The van der Waals surface area contributed by atoms with Crippen molar-refractivity contribution >= 4 is 0 Å². The first-order valence-electron chi connectivity index (χ1n) is 7.78. The molecule has 0 aliphatic carbocycles. The number of benzene rings is 1. The van der Waals surface area contributed by atoms with E-state index in [1.165, 1.54) is 31.4 Å². The number of nitrogens with zero attached hydrogens (tertiary/aromatic N) is 1. The predicted octanol–water partition coefficient (Wildman–Crippen LogP) is 3.87. The lowest BCUT2D eigenvalue weighted by molar-refractivity contribution is 0.0248. The summed E-state index contributed by atoms with van der Waals surface area (Å²) in [6.07, 6.45) is 4.83. The van der Waals surface area contributed by atoms with Crippen LogP contribution in [0.5, 0.6) is 11.5 Å². The summed E-state index contributed by atoms with van der Waals surface area (Å²) in [5.74, 6) is 1.14. The smallest absolute Gasteiger partial charge is 0.128 e. The van der Waals surface area contributed by atoms with E-state index >= 15 is 0 Å². The summed E-state index contributed by atoms with van der Waals surface area (Å²) in [5.41, 5.74) is 1.06. The summed E-state index contributed by atoms with van der Waals surface area (Å²) in [6.45, 7) is 7.75. The van der Waals surface area contributed by atoms with Gasteiger partial charge in [-0.1, -0.05) is 13.0 Å². The maximum absolute atomic E-state index is 9.71. The summed E-state index contributed by atoms with van der Waals surface area (Å²) < 4.78 is 6.07. The molecule has 2 unspecified atom stereocenters. The van der Waals surface area contributed by atoms with Gasteiger partial charge in [-0.3, -0.25) is 4.90 Å². The summed E-state index contributed by atoms with van der Waals surface area (Å²) >= 11 is 0. The molecule has 1 aromatic carbocycles. The molecule has 0 aromatic heterocycles. The number of phenolic OH excluding ortho intramolecular Hbond substituents is 1. The molecule has 0 radical (unpaired) electrons. The molecule has 2 aliphatic heterocycles. The van der Waals surface area contributed by atoms with E-state index in [2.05, 4.69) is 25.7 Å². The lowest BCUT2D eigenvalue weighted by atomic mass is 9.88. The molecule has 2 atom stereocenters. The number of phenols is 1. The third-order valence-corrected chi connectivity index (χ3v) is 4.72. The molecule has 1 N–H and O–H groups in total. The number of hydrogen-bond donors (Lipinski definition) is 1. The van der Waals surface area contributed by atoms with Gasteiger partial charge in [-0.05, 0) is 45.7 Å². The van der Waals surface area contributed by atoms with Crippen LogP contribution in [0.4, 0.5) is 0 Å². The van der Waals surface area contributed by atoms with Crippen molar-refractivity contribution in [2.24, 2.45) is 0 Å². The van der Waals surface area contributed by atoms with Crippen molar-refractivity contribution in [3.8, 4) is 11.5 Å². The fourth-order valence-corrected chi connectivity index (χ4v) is 3.80. The normalized spacial score (nSPS) is 28.9. The van der Waals surface area contributed by atoms with Gasteiger partial charge in [0.25, 0.3) is 0 Å². The largest absolute Gasteiger partial charge is 0.508 e. The Morgan fingerprint density at radius 1 is 1.40 bits per heavy atom. The lowest BCUT2D eigenvalue weighted by Crippen LogP contribution is -2.43. The number of ether oxygens (including phenoxy) is 1. The van der Waals surface area contributed by atoms with Gasteiger partial charge in [0.1, 0.15) is 17.1 Å². The Morgan fingerprint density at radius 2 is 2.20 bits per heavy atom. The SMILES string of the molecule is CCC1CCCN1C1CC(C)(C)Oc2cc(O)ccc21. The van der Waals surface area contributed by atoms with Gasteiger partial charge in [0, 0.05) is 30.1 Å². The van der Waals surface area contributed by atoms with Crippen LogP contribution in [0.3, 0.4) is 0 Å². The van der Waals surface area contributed by atoms with Gasteiger partial charge in [-0.2, -0.15) is 0 Å². The van der Waals surface area contributed by atoms with Crippen molar-refractivity contribution in [3.05, 3.63) is 23.8 Å². The van der Waals surface area contributed by atoms with Crippen molar-refractivity contribution < 1.29 is 9.84 Å². The highest BCUT2D eigenvalue weighted by molar-refractivity contribution is 5.44. The summed E-state index contributed by atoms with van der Waals surface area (Å²) in [7, 11) is 0. The van der Waals surface area contributed by atoms with E-state index in [0.29, 0.717) is 12.1 Å². The predicted molar refractivity (Wildman–Crippen MR) is 80.2 cm³/mol. The Hall–Kier alpha value is -1.22. The molecule has 0 amide bonds.